The summed E-state index contributed by atoms with van der Waals surface area (Å²) in [5, 5.41) is 9.06. The summed E-state index contributed by atoms with van der Waals surface area (Å²) < 4.78 is 17.1. The molecule has 1 heterocycles. The minimum Gasteiger partial charge on any atom is -0.467 e. The fourth-order valence-corrected chi connectivity index (χ4v) is 5.91. The van der Waals surface area contributed by atoms with Gasteiger partial charge in [0.25, 0.3) is 0 Å². The number of benzene rings is 1. The van der Waals surface area contributed by atoms with Gasteiger partial charge >= 0.3 is 17.9 Å². The summed E-state index contributed by atoms with van der Waals surface area (Å²) in [5.74, 6) is -1.45. The number of imidazole rings is 1. The lowest BCUT2D eigenvalue weighted by Crippen LogP contribution is -2.57. The van der Waals surface area contributed by atoms with Gasteiger partial charge in [-0.05, 0) is 56.6 Å². The van der Waals surface area contributed by atoms with Gasteiger partial charge in [0.1, 0.15) is 17.9 Å². The van der Waals surface area contributed by atoms with E-state index in [4.69, 9.17) is 14.2 Å². The minimum atomic E-state index is -0.931. The fraction of sp³-hybridized carbons (Fsp3) is 0.611. The van der Waals surface area contributed by atoms with Crippen molar-refractivity contribution in [3.63, 3.8) is 0 Å². The molecule has 2 rings (SSSR count). The van der Waals surface area contributed by atoms with E-state index in [1.54, 1.807) is 31.8 Å². The van der Waals surface area contributed by atoms with Gasteiger partial charge in [-0.2, -0.15) is 11.8 Å². The van der Waals surface area contributed by atoms with Crippen molar-refractivity contribution in [3.05, 3.63) is 53.6 Å². The summed E-state index contributed by atoms with van der Waals surface area (Å²) in [6.45, 7) is 8.11. The predicted molar refractivity (Wildman–Crippen MR) is 192 cm³/mol. The zero-order chi connectivity index (χ0) is 37.1. The highest BCUT2D eigenvalue weighted by Gasteiger charge is 2.31. The number of ether oxygens (including phenoxy) is 3. The van der Waals surface area contributed by atoms with E-state index >= 15 is 0 Å². The van der Waals surface area contributed by atoms with Crippen molar-refractivity contribution in [1.82, 2.24) is 25.5 Å². The maximum absolute atomic E-state index is 13.7. The van der Waals surface area contributed by atoms with E-state index in [0.29, 0.717) is 38.0 Å². The summed E-state index contributed by atoms with van der Waals surface area (Å²) >= 11 is 1.55. The average molecular weight is 718 g/mol. The van der Waals surface area contributed by atoms with Crippen LogP contribution in [0.5, 0.6) is 0 Å². The number of hydrogen-bond acceptors (Lipinski definition) is 11. The van der Waals surface area contributed by atoms with Crippen LogP contribution in [0.2, 0.25) is 0 Å². The molecule has 0 saturated carbocycles. The van der Waals surface area contributed by atoms with Gasteiger partial charge < -0.3 is 29.4 Å². The molecule has 1 aromatic carbocycles. The summed E-state index contributed by atoms with van der Waals surface area (Å²) in [5.41, 5.74) is 1.71. The fourth-order valence-electron chi connectivity index (χ4n) is 5.44. The van der Waals surface area contributed by atoms with E-state index in [-0.39, 0.29) is 37.9 Å². The molecule has 4 atom stereocenters. The van der Waals surface area contributed by atoms with Crippen molar-refractivity contribution in [2.24, 2.45) is 18.9 Å². The van der Waals surface area contributed by atoms with Gasteiger partial charge in [-0.25, -0.2) is 9.78 Å². The Bertz CT molecular complexity index is 1370. The van der Waals surface area contributed by atoms with Gasteiger partial charge in [0.2, 0.25) is 11.8 Å². The number of aryl methyl sites for hydroxylation is 1. The van der Waals surface area contributed by atoms with Crippen LogP contribution >= 0.6 is 11.8 Å². The first kappa shape index (κ1) is 42.3. The number of carbonyl (C=O) groups excluding carboxylic acids is 5. The molecule has 0 bridgehead atoms. The number of nitrogens with one attached hydrogen (secondary N) is 3. The van der Waals surface area contributed by atoms with Crippen molar-refractivity contribution >= 4 is 41.5 Å². The first-order chi connectivity index (χ1) is 23.9. The van der Waals surface area contributed by atoms with E-state index < -0.39 is 47.9 Å². The number of methoxy groups -OCH3 is 1. The number of carbonyl (C=O) groups is 5. The summed E-state index contributed by atoms with van der Waals surface area (Å²) in [7, 11) is 3.17. The smallest absolute Gasteiger partial charge is 0.328 e. The maximum atomic E-state index is 13.7. The van der Waals surface area contributed by atoms with E-state index in [1.165, 1.54) is 7.11 Å². The van der Waals surface area contributed by atoms with Crippen LogP contribution in [0, 0.1) is 11.8 Å². The monoisotopic (exact) mass is 717 g/mol. The summed E-state index contributed by atoms with van der Waals surface area (Å²) in [6.07, 6.45) is 5.89. The molecule has 2 amide bonds. The van der Waals surface area contributed by atoms with E-state index in [2.05, 4.69) is 20.9 Å². The lowest BCUT2D eigenvalue weighted by Gasteiger charge is -2.26. The molecule has 0 unspecified atom stereocenters. The van der Waals surface area contributed by atoms with Gasteiger partial charge in [-0.3, -0.25) is 24.5 Å². The second-order valence-corrected chi connectivity index (χ2v) is 13.3. The molecular weight excluding hydrogens is 662 g/mol. The molecule has 14 heteroatoms. The first-order valence-electron chi connectivity index (χ1n) is 17.2. The Balaban J connectivity index is 2.11. The number of hydrogen-bond donors (Lipinski definition) is 3. The van der Waals surface area contributed by atoms with Crippen LogP contribution in [-0.2, 0) is 64.6 Å². The van der Waals surface area contributed by atoms with Crippen LogP contribution < -0.4 is 16.0 Å². The lowest BCUT2D eigenvalue weighted by atomic mass is 9.98. The molecule has 0 saturated heterocycles. The normalized spacial score (nSPS) is 13.5. The summed E-state index contributed by atoms with van der Waals surface area (Å²) in [6, 6.07) is 6.97. The number of amides is 2. The standard InChI is InChI=1S/C36H55N5O8S/c1-8-48-31(42)21-26(35(45)49-9-2)16-13-17-30-37-22-27(41(30)5)23-38-32(24(3)4)34(44)40-29(20-25-14-11-10-12-15-25)33(43)39-28(18-19-50-7)36(46)47-6/h10-12,14-15,22,24,26,28-29,32,38H,8-9,13,16-21,23H2,1-7H3,(H,39,43)(H,40,44)/t26-,28-,29-,32-/m0/s1. The number of esters is 3. The van der Waals surface area contributed by atoms with Crippen LogP contribution in [0.4, 0.5) is 0 Å². The van der Waals surface area contributed by atoms with Gasteiger partial charge in [-0.15, -0.1) is 0 Å². The van der Waals surface area contributed by atoms with Crippen LogP contribution in [0.3, 0.4) is 0 Å². The van der Waals surface area contributed by atoms with Crippen LogP contribution in [-0.4, -0.2) is 89.7 Å². The van der Waals surface area contributed by atoms with E-state index in [1.807, 2.05) is 62.0 Å². The third kappa shape index (κ3) is 14.1. The number of aromatic nitrogens is 2. The van der Waals surface area contributed by atoms with Crippen LogP contribution in [0.1, 0.15) is 70.5 Å². The topological polar surface area (TPSA) is 167 Å². The highest BCUT2D eigenvalue weighted by molar-refractivity contribution is 7.98. The Morgan fingerprint density at radius 2 is 1.60 bits per heavy atom. The van der Waals surface area contributed by atoms with E-state index in [9.17, 15) is 24.0 Å². The molecule has 278 valence electrons. The van der Waals surface area contributed by atoms with Gasteiger partial charge in [0, 0.05) is 32.6 Å². The third-order valence-electron chi connectivity index (χ3n) is 8.25. The Hall–Kier alpha value is -3.91. The van der Waals surface area contributed by atoms with Crippen molar-refractivity contribution in [2.75, 3.05) is 32.3 Å². The van der Waals surface area contributed by atoms with Crippen LogP contribution in [0.25, 0.3) is 0 Å². The third-order valence-corrected chi connectivity index (χ3v) is 8.90. The molecule has 2 aromatic rings. The van der Waals surface area contributed by atoms with E-state index in [0.717, 1.165) is 17.1 Å². The zero-order valence-corrected chi connectivity index (χ0v) is 31.3. The Morgan fingerprint density at radius 3 is 2.22 bits per heavy atom. The molecule has 0 aliphatic rings. The highest BCUT2D eigenvalue weighted by Crippen LogP contribution is 2.18. The molecule has 0 fully saturated rings. The van der Waals surface area contributed by atoms with Gasteiger partial charge in [-0.1, -0.05) is 44.2 Å². The number of nitrogens with zero attached hydrogens (tertiary/aromatic N) is 2. The largest absolute Gasteiger partial charge is 0.467 e. The molecular formula is C36H55N5O8S. The van der Waals surface area contributed by atoms with Gasteiger partial charge in [0.15, 0.2) is 0 Å². The minimum absolute atomic E-state index is 0.0290. The Kier molecular flexibility index (Phi) is 19.2. The number of thioether (sulfide) groups is 1. The second-order valence-electron chi connectivity index (χ2n) is 12.3. The van der Waals surface area contributed by atoms with Crippen molar-refractivity contribution < 1.29 is 38.2 Å². The SMILES string of the molecule is CCOC(=O)C[C@H](CCCc1ncc(CN[C@H](C(=O)N[C@@H](Cc2ccccc2)C(=O)N[C@@H](CCSC)C(=O)OC)C(C)C)n1C)C(=O)OCC. The molecule has 1 aromatic heterocycles. The molecule has 50 heavy (non-hydrogen) atoms. The zero-order valence-electron chi connectivity index (χ0n) is 30.5. The molecule has 0 aliphatic heterocycles. The first-order valence-corrected chi connectivity index (χ1v) is 18.6. The van der Waals surface area contributed by atoms with Crippen molar-refractivity contribution in [1.29, 1.82) is 0 Å². The second kappa shape index (κ2) is 22.7. The molecule has 0 aliphatic carbocycles. The highest BCUT2D eigenvalue weighted by atomic mass is 32.2. The lowest BCUT2D eigenvalue weighted by molar-refractivity contribution is -0.155. The Labute approximate surface area is 300 Å². The maximum Gasteiger partial charge on any atom is 0.328 e. The molecule has 3 N–H and O–H groups in total. The van der Waals surface area contributed by atoms with Crippen molar-refractivity contribution in [3.8, 4) is 0 Å². The predicted octanol–water partition coefficient (Wildman–Crippen LogP) is 3.13. The Morgan fingerprint density at radius 1 is 0.920 bits per heavy atom. The average Bonchev–Trinajstić information content (AvgIpc) is 3.44. The molecule has 13 nitrogen and oxygen atoms in total. The van der Waals surface area contributed by atoms with Gasteiger partial charge in [0.05, 0.1) is 44.4 Å². The van der Waals surface area contributed by atoms with Crippen molar-refractivity contribution in [2.45, 2.75) is 90.9 Å². The molecule has 0 radical (unpaired) electrons. The van der Waals surface area contributed by atoms with Crippen LogP contribution in [0.15, 0.2) is 36.5 Å². The quantitative estimate of drug-likeness (QED) is 0.114. The summed E-state index contributed by atoms with van der Waals surface area (Å²) in [4.78, 5) is 68.8. The molecule has 0 spiro atoms. The number of rotatable bonds is 23.